The Bertz CT molecular complexity index is 300. The quantitative estimate of drug-likeness (QED) is 0.791. The van der Waals surface area contributed by atoms with Crippen molar-refractivity contribution in [3.8, 4) is 0 Å². The number of carbonyl (C=O) groups excluding carboxylic acids is 1. The van der Waals surface area contributed by atoms with E-state index in [2.05, 4.69) is 24.1 Å². The Hall–Kier alpha value is -0.610. The molecular formula is C14H26N2O2. The average molecular weight is 254 g/mol. The molecule has 1 unspecified atom stereocenters. The maximum atomic E-state index is 11.8. The predicted molar refractivity (Wildman–Crippen MR) is 71.2 cm³/mol. The van der Waals surface area contributed by atoms with Crippen LogP contribution in [0.1, 0.15) is 46.0 Å². The minimum Gasteiger partial charge on any atom is -0.380 e. The van der Waals surface area contributed by atoms with E-state index in [1.807, 2.05) is 0 Å². The molecule has 2 aliphatic rings. The van der Waals surface area contributed by atoms with Gasteiger partial charge >= 0.3 is 0 Å². The summed E-state index contributed by atoms with van der Waals surface area (Å²) >= 11 is 0. The monoisotopic (exact) mass is 254 g/mol. The van der Waals surface area contributed by atoms with Crippen molar-refractivity contribution in [2.45, 2.75) is 57.6 Å². The normalized spacial score (nSPS) is 27.9. The van der Waals surface area contributed by atoms with Gasteiger partial charge in [-0.25, -0.2) is 0 Å². The second-order valence-corrected chi connectivity index (χ2v) is 6.19. The van der Waals surface area contributed by atoms with E-state index in [0.717, 1.165) is 13.0 Å². The molecule has 1 amide bonds. The minimum atomic E-state index is -1.05. The van der Waals surface area contributed by atoms with Crippen molar-refractivity contribution < 1.29 is 9.90 Å². The van der Waals surface area contributed by atoms with Gasteiger partial charge in [-0.2, -0.15) is 0 Å². The number of hydrogen-bond donors (Lipinski definition) is 2. The highest BCUT2D eigenvalue weighted by Gasteiger charge is 2.42. The van der Waals surface area contributed by atoms with Crippen molar-refractivity contribution in [1.82, 2.24) is 10.2 Å². The largest absolute Gasteiger partial charge is 0.380 e. The van der Waals surface area contributed by atoms with Crippen LogP contribution < -0.4 is 5.32 Å². The lowest BCUT2D eigenvalue weighted by Gasteiger charge is -2.37. The molecule has 1 atom stereocenters. The van der Waals surface area contributed by atoms with E-state index in [1.54, 1.807) is 0 Å². The van der Waals surface area contributed by atoms with E-state index in [9.17, 15) is 9.90 Å². The molecule has 2 fully saturated rings. The van der Waals surface area contributed by atoms with Crippen molar-refractivity contribution in [1.29, 1.82) is 0 Å². The Kier molecular flexibility index (Phi) is 4.28. The lowest BCUT2D eigenvalue weighted by Crippen LogP contribution is -2.53. The van der Waals surface area contributed by atoms with E-state index in [4.69, 9.17) is 0 Å². The van der Waals surface area contributed by atoms with Gasteiger partial charge < -0.3 is 15.3 Å². The van der Waals surface area contributed by atoms with Gasteiger partial charge in [0.1, 0.15) is 5.60 Å². The molecule has 104 valence electrons. The van der Waals surface area contributed by atoms with Gasteiger partial charge in [-0.05, 0) is 58.4 Å². The van der Waals surface area contributed by atoms with Crippen molar-refractivity contribution in [2.75, 3.05) is 19.6 Å². The van der Waals surface area contributed by atoms with Crippen molar-refractivity contribution in [3.05, 3.63) is 0 Å². The first-order valence-electron chi connectivity index (χ1n) is 7.26. The highest BCUT2D eigenvalue weighted by Crippen LogP contribution is 2.31. The van der Waals surface area contributed by atoms with Crippen LogP contribution in [-0.2, 0) is 4.79 Å². The molecule has 0 spiro atoms. The van der Waals surface area contributed by atoms with Gasteiger partial charge in [0.15, 0.2) is 0 Å². The number of nitrogens with one attached hydrogen (secondary N) is 1. The van der Waals surface area contributed by atoms with E-state index in [-0.39, 0.29) is 5.91 Å². The second-order valence-electron chi connectivity index (χ2n) is 6.19. The maximum Gasteiger partial charge on any atom is 0.251 e. The van der Waals surface area contributed by atoms with Gasteiger partial charge in [0, 0.05) is 19.1 Å². The molecule has 1 saturated heterocycles. The number of piperidine rings is 1. The summed E-state index contributed by atoms with van der Waals surface area (Å²) in [5, 5.41) is 12.9. The molecule has 0 aromatic carbocycles. The van der Waals surface area contributed by atoms with Gasteiger partial charge in [0.25, 0.3) is 5.91 Å². The number of amides is 1. The SMILES string of the molecule is CC(C)N1CCCC(CNC(=O)C2(O)CCC2)C1. The molecule has 4 heteroatoms. The number of nitrogens with zero attached hydrogens (tertiary/aromatic N) is 1. The smallest absolute Gasteiger partial charge is 0.251 e. The van der Waals surface area contributed by atoms with E-state index < -0.39 is 5.60 Å². The Morgan fingerprint density at radius 3 is 2.72 bits per heavy atom. The third kappa shape index (κ3) is 3.04. The molecule has 0 radical (unpaired) electrons. The van der Waals surface area contributed by atoms with E-state index in [0.29, 0.717) is 31.3 Å². The molecule has 4 nitrogen and oxygen atoms in total. The molecular weight excluding hydrogens is 228 g/mol. The Morgan fingerprint density at radius 1 is 1.44 bits per heavy atom. The number of likely N-dealkylation sites (tertiary alicyclic amines) is 1. The van der Waals surface area contributed by atoms with E-state index >= 15 is 0 Å². The standard InChI is InChI=1S/C14H26N2O2/c1-11(2)16-8-3-5-12(10-16)9-15-13(17)14(18)6-4-7-14/h11-12,18H,3-10H2,1-2H3,(H,15,17). The first kappa shape index (κ1) is 13.8. The minimum absolute atomic E-state index is 0.157. The van der Waals surface area contributed by atoms with Crippen LogP contribution in [-0.4, -0.2) is 47.2 Å². The number of rotatable bonds is 4. The first-order chi connectivity index (χ1) is 8.51. The van der Waals surface area contributed by atoms with Crippen LogP contribution in [0.5, 0.6) is 0 Å². The summed E-state index contributed by atoms with van der Waals surface area (Å²) in [5.74, 6) is 0.379. The van der Waals surface area contributed by atoms with Crippen molar-refractivity contribution in [2.24, 2.45) is 5.92 Å². The molecule has 0 bridgehead atoms. The zero-order valence-electron chi connectivity index (χ0n) is 11.6. The highest BCUT2D eigenvalue weighted by atomic mass is 16.3. The molecule has 1 heterocycles. The summed E-state index contributed by atoms with van der Waals surface area (Å²) in [6.07, 6.45) is 4.61. The summed E-state index contributed by atoms with van der Waals surface area (Å²) in [6, 6.07) is 0.583. The van der Waals surface area contributed by atoms with Crippen LogP contribution in [0.15, 0.2) is 0 Å². The average Bonchev–Trinajstić information content (AvgIpc) is 2.33. The van der Waals surface area contributed by atoms with Crippen molar-refractivity contribution >= 4 is 5.91 Å². The zero-order chi connectivity index (χ0) is 13.2. The number of hydrogen-bond acceptors (Lipinski definition) is 3. The summed E-state index contributed by atoms with van der Waals surface area (Å²) < 4.78 is 0. The molecule has 0 aromatic heterocycles. The topological polar surface area (TPSA) is 52.6 Å². The van der Waals surface area contributed by atoms with Gasteiger partial charge in [-0.3, -0.25) is 4.79 Å². The Labute approximate surface area is 110 Å². The molecule has 2 N–H and O–H groups in total. The fourth-order valence-electron chi connectivity index (χ4n) is 2.87. The van der Waals surface area contributed by atoms with Crippen LogP contribution >= 0.6 is 0 Å². The number of carbonyl (C=O) groups is 1. The fraction of sp³-hybridized carbons (Fsp3) is 0.929. The molecule has 2 rings (SSSR count). The molecule has 1 aliphatic heterocycles. The third-order valence-electron chi connectivity index (χ3n) is 4.44. The van der Waals surface area contributed by atoms with Crippen LogP contribution in [0.4, 0.5) is 0 Å². The second kappa shape index (κ2) is 5.57. The van der Waals surface area contributed by atoms with Crippen LogP contribution in [0.25, 0.3) is 0 Å². The molecule has 0 aromatic rings. The maximum absolute atomic E-state index is 11.8. The summed E-state index contributed by atoms with van der Waals surface area (Å²) in [6.45, 7) is 7.39. The molecule has 1 aliphatic carbocycles. The fourth-order valence-corrected chi connectivity index (χ4v) is 2.87. The van der Waals surface area contributed by atoms with Gasteiger partial charge in [-0.15, -0.1) is 0 Å². The molecule has 1 saturated carbocycles. The Balaban J connectivity index is 1.74. The lowest BCUT2D eigenvalue weighted by atomic mass is 9.79. The van der Waals surface area contributed by atoms with E-state index in [1.165, 1.54) is 19.4 Å². The van der Waals surface area contributed by atoms with Gasteiger partial charge in [-0.1, -0.05) is 0 Å². The van der Waals surface area contributed by atoms with Gasteiger partial charge in [0.2, 0.25) is 0 Å². The number of aliphatic hydroxyl groups is 1. The van der Waals surface area contributed by atoms with Crippen molar-refractivity contribution in [3.63, 3.8) is 0 Å². The Morgan fingerprint density at radius 2 is 2.17 bits per heavy atom. The van der Waals surface area contributed by atoms with Crippen LogP contribution in [0.3, 0.4) is 0 Å². The lowest BCUT2D eigenvalue weighted by molar-refractivity contribution is -0.148. The first-order valence-corrected chi connectivity index (χ1v) is 7.26. The van der Waals surface area contributed by atoms with Crippen LogP contribution in [0.2, 0.25) is 0 Å². The summed E-state index contributed by atoms with van der Waals surface area (Å²) in [4.78, 5) is 14.3. The summed E-state index contributed by atoms with van der Waals surface area (Å²) in [5.41, 5.74) is -1.05. The third-order valence-corrected chi connectivity index (χ3v) is 4.44. The highest BCUT2D eigenvalue weighted by molar-refractivity contribution is 5.85. The summed E-state index contributed by atoms with van der Waals surface area (Å²) in [7, 11) is 0. The zero-order valence-corrected chi connectivity index (χ0v) is 11.6. The van der Waals surface area contributed by atoms with Gasteiger partial charge in [0.05, 0.1) is 0 Å². The van der Waals surface area contributed by atoms with Crippen LogP contribution in [0, 0.1) is 5.92 Å². The predicted octanol–water partition coefficient (Wildman–Crippen LogP) is 1.14. The molecule has 18 heavy (non-hydrogen) atoms.